The number of thioether (sulfide) groups is 2. The summed E-state index contributed by atoms with van der Waals surface area (Å²) >= 11 is 3.93. The maximum absolute atomic E-state index is 13.0. The first-order valence-electron chi connectivity index (χ1n) is 11.4. The summed E-state index contributed by atoms with van der Waals surface area (Å²) in [4.78, 5) is 38.7. The number of amides is 3. The van der Waals surface area contributed by atoms with Crippen molar-refractivity contribution in [3.8, 4) is 5.75 Å². The minimum Gasteiger partial charge on any atom is -0.484 e. The Kier molecular flexibility index (Phi) is 8.39. The number of ether oxygens (including phenoxy) is 1. The predicted molar refractivity (Wildman–Crippen MR) is 137 cm³/mol. The molecular formula is C25H29N3O4S2. The number of rotatable bonds is 7. The lowest BCUT2D eigenvalue weighted by atomic mass is 9.95. The lowest BCUT2D eigenvalue weighted by Crippen LogP contribution is -2.42. The fourth-order valence-corrected chi connectivity index (χ4v) is 6.95. The first-order chi connectivity index (χ1) is 16.5. The number of carbonyl (C=O) groups excluding carboxylic acids is 3. The summed E-state index contributed by atoms with van der Waals surface area (Å²) in [6, 6.07) is 14.8. The molecule has 7 nitrogen and oxygen atoms in total. The molecule has 0 atom stereocenters. The molecule has 2 saturated heterocycles. The first-order valence-corrected chi connectivity index (χ1v) is 13.5. The van der Waals surface area contributed by atoms with E-state index in [-0.39, 0.29) is 30.2 Å². The Bertz CT molecular complexity index is 1020. The third kappa shape index (κ3) is 6.27. The van der Waals surface area contributed by atoms with E-state index in [1.807, 2.05) is 35.7 Å². The van der Waals surface area contributed by atoms with Crippen molar-refractivity contribution in [2.45, 2.75) is 23.8 Å². The smallest absolute Gasteiger partial charge is 0.262 e. The zero-order valence-electron chi connectivity index (χ0n) is 18.9. The largest absolute Gasteiger partial charge is 0.484 e. The monoisotopic (exact) mass is 499 g/mol. The number of carbonyl (C=O) groups is 3. The average Bonchev–Trinajstić information content (AvgIpc) is 2.88. The lowest BCUT2D eigenvalue weighted by molar-refractivity contribution is -0.123. The summed E-state index contributed by atoms with van der Waals surface area (Å²) in [5.74, 6) is 1.99. The molecule has 4 rings (SSSR count). The van der Waals surface area contributed by atoms with Gasteiger partial charge in [0, 0.05) is 19.0 Å². The summed E-state index contributed by atoms with van der Waals surface area (Å²) in [6.45, 7) is 0.774. The van der Waals surface area contributed by atoms with Crippen molar-refractivity contribution < 1.29 is 19.1 Å². The zero-order valence-corrected chi connectivity index (χ0v) is 20.5. The second-order valence-electron chi connectivity index (χ2n) is 8.35. The third-order valence-corrected chi connectivity index (χ3v) is 8.98. The highest BCUT2D eigenvalue weighted by Crippen LogP contribution is 2.43. The number of hydrogen-bond acceptors (Lipinski definition) is 6. The number of nitrogens with one attached hydrogen (secondary N) is 1. The predicted octanol–water partition coefficient (Wildman–Crippen LogP) is 3.91. The fourth-order valence-electron chi connectivity index (χ4n) is 4.05. The molecule has 180 valence electrons. The molecule has 0 saturated carbocycles. The van der Waals surface area contributed by atoms with Gasteiger partial charge >= 0.3 is 0 Å². The van der Waals surface area contributed by atoms with Crippen LogP contribution in [0, 0.1) is 5.92 Å². The van der Waals surface area contributed by atoms with Crippen molar-refractivity contribution >= 4 is 46.9 Å². The Labute approximate surface area is 208 Å². The topological polar surface area (TPSA) is 102 Å². The number of likely N-dealkylation sites (tertiary alicyclic amines) is 1. The molecule has 34 heavy (non-hydrogen) atoms. The molecule has 2 aliphatic heterocycles. The summed E-state index contributed by atoms with van der Waals surface area (Å²) in [5, 5.41) is 2.80. The van der Waals surface area contributed by atoms with Gasteiger partial charge in [-0.3, -0.25) is 14.4 Å². The Morgan fingerprint density at radius 3 is 2.35 bits per heavy atom. The van der Waals surface area contributed by atoms with Gasteiger partial charge in [0.1, 0.15) is 5.75 Å². The van der Waals surface area contributed by atoms with Crippen LogP contribution in [-0.2, 0) is 9.59 Å². The molecule has 0 spiro atoms. The van der Waals surface area contributed by atoms with Crippen molar-refractivity contribution in [3.63, 3.8) is 0 Å². The normalized spacial score (nSPS) is 17.2. The molecule has 0 aliphatic carbocycles. The maximum atomic E-state index is 13.0. The number of nitrogens with two attached hydrogens (primary N) is 1. The van der Waals surface area contributed by atoms with E-state index in [4.69, 9.17) is 10.5 Å². The summed E-state index contributed by atoms with van der Waals surface area (Å²) in [7, 11) is 0. The number of anilines is 1. The highest BCUT2D eigenvalue weighted by atomic mass is 32.2. The van der Waals surface area contributed by atoms with Gasteiger partial charge in [-0.2, -0.15) is 0 Å². The average molecular weight is 500 g/mol. The van der Waals surface area contributed by atoms with E-state index in [1.165, 1.54) is 23.5 Å². The van der Waals surface area contributed by atoms with E-state index >= 15 is 0 Å². The molecule has 0 radical (unpaired) electrons. The Morgan fingerprint density at radius 1 is 1.00 bits per heavy atom. The highest BCUT2D eigenvalue weighted by molar-refractivity contribution is 8.16. The summed E-state index contributed by atoms with van der Waals surface area (Å²) < 4.78 is 6.13. The van der Waals surface area contributed by atoms with E-state index in [0.717, 1.165) is 0 Å². The van der Waals surface area contributed by atoms with Crippen molar-refractivity contribution in [2.24, 2.45) is 11.7 Å². The fraction of sp³-hybridized carbons (Fsp3) is 0.400. The van der Waals surface area contributed by atoms with Crippen LogP contribution in [0.3, 0.4) is 0 Å². The molecular weight excluding hydrogens is 470 g/mol. The van der Waals surface area contributed by atoms with Gasteiger partial charge in [-0.1, -0.05) is 24.3 Å². The van der Waals surface area contributed by atoms with E-state index in [0.29, 0.717) is 47.5 Å². The number of para-hydroxylation sites is 1. The Balaban J connectivity index is 1.31. The maximum Gasteiger partial charge on any atom is 0.262 e. The second kappa shape index (κ2) is 11.7. The molecule has 0 bridgehead atoms. The lowest BCUT2D eigenvalue weighted by Gasteiger charge is -2.31. The van der Waals surface area contributed by atoms with Gasteiger partial charge in [0.15, 0.2) is 6.61 Å². The molecule has 9 heteroatoms. The Hall–Kier alpha value is -2.65. The van der Waals surface area contributed by atoms with Gasteiger partial charge in [0.05, 0.1) is 15.8 Å². The molecule has 2 aromatic carbocycles. The Morgan fingerprint density at radius 2 is 1.68 bits per heavy atom. The van der Waals surface area contributed by atoms with Gasteiger partial charge in [-0.05, 0) is 60.6 Å². The van der Waals surface area contributed by atoms with Crippen LogP contribution in [0.15, 0.2) is 48.5 Å². The molecule has 0 unspecified atom stereocenters. The molecule has 2 heterocycles. The van der Waals surface area contributed by atoms with Gasteiger partial charge in [-0.25, -0.2) is 0 Å². The van der Waals surface area contributed by atoms with Crippen LogP contribution in [0.5, 0.6) is 5.75 Å². The minimum atomic E-state index is -0.338. The second-order valence-corrected chi connectivity index (χ2v) is 11.1. The molecule has 3 N–H and O–H groups in total. The first kappa shape index (κ1) is 24.5. The van der Waals surface area contributed by atoms with Crippen molar-refractivity contribution in [2.75, 3.05) is 36.5 Å². The van der Waals surface area contributed by atoms with Gasteiger partial charge < -0.3 is 20.7 Å². The van der Waals surface area contributed by atoms with Gasteiger partial charge in [0.2, 0.25) is 5.91 Å². The molecule has 3 amide bonds. The standard InChI is InChI=1S/C25H29N3O4S2/c26-23(30)17-10-12-28(13-11-17)24(31)20-4-1-2-5-21(20)27-22(29)16-32-19-8-6-18(7-9-19)25-33-14-3-15-34-25/h1-2,4-9,17,25H,3,10-16H2,(H2,26,30)(H,27,29). The van der Waals surface area contributed by atoms with Crippen molar-refractivity contribution in [3.05, 3.63) is 59.7 Å². The number of primary amides is 1. The SMILES string of the molecule is NC(=O)C1CCN(C(=O)c2ccccc2NC(=O)COc2ccc(C3SCCCS3)cc2)CC1. The van der Waals surface area contributed by atoms with Gasteiger partial charge in [0.25, 0.3) is 11.8 Å². The van der Waals surface area contributed by atoms with Crippen LogP contribution in [0.25, 0.3) is 0 Å². The van der Waals surface area contributed by atoms with Gasteiger partial charge in [-0.15, -0.1) is 23.5 Å². The number of benzene rings is 2. The quantitative estimate of drug-likeness (QED) is 0.599. The number of hydrogen-bond donors (Lipinski definition) is 2. The van der Waals surface area contributed by atoms with E-state index in [2.05, 4.69) is 17.4 Å². The van der Waals surface area contributed by atoms with Crippen LogP contribution in [0.4, 0.5) is 5.69 Å². The van der Waals surface area contributed by atoms with E-state index in [1.54, 1.807) is 29.2 Å². The van der Waals surface area contributed by atoms with Crippen LogP contribution >= 0.6 is 23.5 Å². The summed E-state index contributed by atoms with van der Waals surface area (Å²) in [5.41, 5.74) is 7.51. The van der Waals surface area contributed by atoms with E-state index < -0.39 is 0 Å². The minimum absolute atomic E-state index is 0.154. The van der Waals surface area contributed by atoms with Crippen molar-refractivity contribution in [1.29, 1.82) is 0 Å². The van der Waals surface area contributed by atoms with E-state index in [9.17, 15) is 14.4 Å². The third-order valence-electron chi connectivity index (χ3n) is 5.97. The molecule has 2 fully saturated rings. The van der Waals surface area contributed by atoms with Crippen LogP contribution in [-0.4, -0.2) is 53.8 Å². The number of nitrogens with zero attached hydrogens (tertiary/aromatic N) is 1. The van der Waals surface area contributed by atoms with Crippen LogP contribution in [0.2, 0.25) is 0 Å². The van der Waals surface area contributed by atoms with Crippen LogP contribution < -0.4 is 15.8 Å². The zero-order chi connectivity index (χ0) is 23.9. The molecule has 2 aromatic rings. The summed E-state index contributed by atoms with van der Waals surface area (Å²) in [6.07, 6.45) is 2.37. The highest BCUT2D eigenvalue weighted by Gasteiger charge is 2.27. The number of piperidine rings is 1. The molecule has 2 aliphatic rings. The molecule has 0 aromatic heterocycles. The van der Waals surface area contributed by atoms with Crippen LogP contribution in [0.1, 0.15) is 39.8 Å². The van der Waals surface area contributed by atoms with Crippen molar-refractivity contribution in [1.82, 2.24) is 4.90 Å².